The zero-order valence-electron chi connectivity index (χ0n) is 43.5. The van der Waals surface area contributed by atoms with Crippen molar-refractivity contribution < 1.29 is 40.2 Å². The second-order valence-corrected chi connectivity index (χ2v) is 24.5. The van der Waals surface area contributed by atoms with E-state index in [-0.39, 0.29) is 66.5 Å². The molecule has 0 radical (unpaired) electrons. The summed E-state index contributed by atoms with van der Waals surface area (Å²) in [6.45, 7) is 6.64. The quantitative estimate of drug-likeness (QED) is 0.0215. The molecule has 0 atom stereocenters. The molecule has 0 saturated heterocycles. The number of aryl methyl sites for hydroxylation is 2. The van der Waals surface area contributed by atoms with E-state index in [9.17, 15) is 26.4 Å². The van der Waals surface area contributed by atoms with Crippen LogP contribution in [0.4, 0.5) is 45.9 Å². The monoisotopic (exact) mass is 1220 g/mol. The zero-order valence-corrected chi connectivity index (χ0v) is 49.0. The number of fused-ring (bicyclic) bond motifs is 3. The van der Waals surface area contributed by atoms with E-state index in [1.165, 1.54) is 93.4 Å². The number of hydrogen-bond acceptors (Lipinski definition) is 18. The second-order valence-electron chi connectivity index (χ2n) is 17.8. The lowest BCUT2D eigenvalue weighted by Gasteiger charge is -2.16. The SMILES string of the molecule is CN(C)c1ccc2nc3ccc(=[N+](C)C)cc-3sc2c1.Cc1noc(NS(=O)(=O)c2ccc(N=Nc3cc(N=Nc4ccc(S(=O)(=O)Nc5onc(C)c5C)cc4)c4c(NC(=O)C(Cl)Cl)cccc4c3OC(=O)C(Cl)Cl)cc2)c1C. The Morgan fingerprint density at radius 3 is 1.75 bits per heavy atom. The number of anilines is 4. The Morgan fingerprint density at radius 2 is 1.25 bits per heavy atom. The lowest BCUT2D eigenvalue weighted by atomic mass is 10.0. The van der Waals surface area contributed by atoms with Gasteiger partial charge >= 0.3 is 5.97 Å². The van der Waals surface area contributed by atoms with Crippen LogP contribution in [0, 0.1) is 27.7 Å². The molecule has 7 aromatic rings. The summed E-state index contributed by atoms with van der Waals surface area (Å²) in [5, 5.41) is 28.8. The first kappa shape index (κ1) is 58.6. The first-order valence-electron chi connectivity index (χ1n) is 23.5. The molecule has 0 saturated carbocycles. The Labute approximate surface area is 482 Å². The van der Waals surface area contributed by atoms with Gasteiger partial charge in [-0.3, -0.25) is 4.79 Å². The first-order valence-corrected chi connectivity index (χ1v) is 29.1. The predicted molar refractivity (Wildman–Crippen MR) is 312 cm³/mol. The largest absolute Gasteiger partial charge is 0.421 e. The number of esters is 1. The zero-order chi connectivity index (χ0) is 57.8. The van der Waals surface area contributed by atoms with Gasteiger partial charge in [-0.1, -0.05) is 68.8 Å². The van der Waals surface area contributed by atoms with Crippen molar-refractivity contribution in [2.24, 2.45) is 20.5 Å². The lowest BCUT2D eigenvalue weighted by molar-refractivity contribution is -0.132. The van der Waals surface area contributed by atoms with Gasteiger partial charge in [0, 0.05) is 53.8 Å². The van der Waals surface area contributed by atoms with Crippen LogP contribution in [0.3, 0.4) is 0 Å². The van der Waals surface area contributed by atoms with Crippen molar-refractivity contribution in [2.75, 3.05) is 47.9 Å². The molecule has 1 aliphatic carbocycles. The number of nitrogens with one attached hydrogen (secondary N) is 3. The summed E-state index contributed by atoms with van der Waals surface area (Å²) in [5.41, 5.74) is 5.80. The summed E-state index contributed by atoms with van der Waals surface area (Å²) in [5.74, 6) is -2.15. The Bertz CT molecular complexity index is 4170. The molecular weight excluding hydrogens is 1170 g/mol. The van der Waals surface area contributed by atoms with Crippen LogP contribution in [0.5, 0.6) is 5.75 Å². The van der Waals surface area contributed by atoms with Crippen LogP contribution in [0.25, 0.3) is 31.6 Å². The van der Waals surface area contributed by atoms with Gasteiger partial charge in [-0.15, -0.1) is 21.6 Å². The van der Waals surface area contributed by atoms with E-state index in [1.807, 2.05) is 0 Å². The van der Waals surface area contributed by atoms with Crippen molar-refractivity contribution in [3.63, 3.8) is 0 Å². The van der Waals surface area contributed by atoms with Gasteiger partial charge in [0.1, 0.15) is 19.8 Å². The summed E-state index contributed by atoms with van der Waals surface area (Å²) in [6.07, 6.45) is 0. The third-order valence-corrected chi connectivity index (χ3v) is 16.4. The molecule has 0 fully saturated rings. The van der Waals surface area contributed by atoms with Gasteiger partial charge < -0.3 is 24.0 Å². The molecule has 3 heterocycles. The number of carbonyl (C=O) groups is 2. The van der Waals surface area contributed by atoms with E-state index in [0.717, 1.165) is 11.2 Å². The number of sulfonamides is 2. The van der Waals surface area contributed by atoms with Crippen LogP contribution in [0.2, 0.25) is 0 Å². The molecule has 5 aromatic carbocycles. The maximum absolute atomic E-state index is 13.1. The Balaban J connectivity index is 0.000000350. The number of amides is 1. The fourth-order valence-corrected chi connectivity index (χ4v) is 10.6. The molecule has 28 heteroatoms. The highest BCUT2D eigenvalue weighted by atomic mass is 35.5. The van der Waals surface area contributed by atoms with Crippen LogP contribution < -0.4 is 34.3 Å². The number of alkyl halides is 4. The van der Waals surface area contributed by atoms with Crippen molar-refractivity contribution >= 4 is 157 Å². The minimum absolute atomic E-state index is 0.0261. The van der Waals surface area contributed by atoms with Gasteiger partial charge in [0.15, 0.2) is 10.6 Å². The Kier molecular flexibility index (Phi) is 17.9. The normalized spacial score (nSPS) is 11.9. The van der Waals surface area contributed by atoms with E-state index in [4.69, 9.17) is 65.2 Å². The maximum Gasteiger partial charge on any atom is 0.344 e. The second kappa shape index (κ2) is 24.4. The summed E-state index contributed by atoms with van der Waals surface area (Å²) >= 11 is 25.2. The maximum atomic E-state index is 13.1. The number of carbonyl (C=O) groups excluding carboxylic acids is 2. The number of nitrogens with zero attached hydrogens (tertiary/aromatic N) is 9. The fraction of sp³-hybridized carbons (Fsp3) is 0.192. The van der Waals surface area contributed by atoms with E-state index < -0.39 is 41.6 Å². The highest BCUT2D eigenvalue weighted by Gasteiger charge is 2.25. The number of ether oxygens (including phenoxy) is 1. The van der Waals surface area contributed by atoms with Gasteiger partial charge in [0.2, 0.25) is 22.0 Å². The molecule has 0 unspecified atom stereocenters. The standard InChI is InChI=1S/C36H29Cl4N9O9S2.C16H18N3S/c1-17-19(3)46-57-34(17)48-59(52,53)23-12-8-21(9-13-23)42-44-27-16-28(30(56-36(51)32(39)40)25-6-5-7-26(29(25)27)41-33(50)31(37)38)45-43-22-10-14-24(15-11-22)60(54,55)49-35-18(2)20(4)47-58-35;1-18(2)11-5-7-13-15(9-11)20-16-10-12(19(3)4)6-8-14(16)17-13/h5-16,31-32,48-49H,1-4H3,(H,41,50);5-10H,1-4H3/q;+1. The Hall–Kier alpha value is -7.58. The number of rotatable bonds is 15. The molecule has 9 rings (SSSR count). The summed E-state index contributed by atoms with van der Waals surface area (Å²) < 4.78 is 76.0. The van der Waals surface area contributed by atoms with Crippen LogP contribution in [0.1, 0.15) is 22.5 Å². The minimum atomic E-state index is -4.08. The van der Waals surface area contributed by atoms with Gasteiger partial charge in [-0.05, 0) is 113 Å². The Morgan fingerprint density at radius 1 is 0.688 bits per heavy atom. The third kappa shape index (κ3) is 13.5. The van der Waals surface area contributed by atoms with Crippen molar-refractivity contribution in [1.29, 1.82) is 0 Å². The number of halogens is 4. The molecule has 2 aliphatic rings. The van der Waals surface area contributed by atoms with Crippen LogP contribution in [-0.4, -0.2) is 81.9 Å². The van der Waals surface area contributed by atoms with E-state index >= 15 is 0 Å². The minimum Gasteiger partial charge on any atom is -0.421 e. The molecule has 1 amide bonds. The molecule has 1 aliphatic heterocycles. The molecule has 80 heavy (non-hydrogen) atoms. The summed E-state index contributed by atoms with van der Waals surface area (Å²) in [7, 11) is 0.0785. The van der Waals surface area contributed by atoms with Crippen LogP contribution in [-0.2, 0) is 29.6 Å². The molecule has 0 spiro atoms. The molecule has 0 bridgehead atoms. The predicted octanol–water partition coefficient (Wildman–Crippen LogP) is 12.4. The van der Waals surface area contributed by atoms with Crippen molar-refractivity contribution in [3.8, 4) is 16.3 Å². The lowest BCUT2D eigenvalue weighted by Crippen LogP contribution is -2.21. The average molecular weight is 1220 g/mol. The molecule has 414 valence electrons. The van der Waals surface area contributed by atoms with E-state index in [0.29, 0.717) is 22.5 Å². The summed E-state index contributed by atoms with van der Waals surface area (Å²) in [4.78, 5) is 30.2. The third-order valence-electron chi connectivity index (χ3n) is 11.9. The van der Waals surface area contributed by atoms with Gasteiger partial charge in [-0.2, -0.15) is 10.2 Å². The van der Waals surface area contributed by atoms with Crippen molar-refractivity contribution in [2.45, 2.75) is 47.2 Å². The van der Waals surface area contributed by atoms with Gasteiger partial charge in [-0.25, -0.2) is 40.6 Å². The van der Waals surface area contributed by atoms with Gasteiger partial charge in [0.25, 0.3) is 26.0 Å². The number of hydrogen-bond donors (Lipinski definition) is 3. The number of aromatic nitrogens is 3. The molecule has 3 N–H and O–H groups in total. The number of azo groups is 2. The smallest absolute Gasteiger partial charge is 0.344 e. The summed E-state index contributed by atoms with van der Waals surface area (Å²) in [6, 6.07) is 29.3. The van der Waals surface area contributed by atoms with Crippen LogP contribution >= 0.6 is 57.7 Å². The van der Waals surface area contributed by atoms with Crippen molar-refractivity contribution in [1.82, 2.24) is 19.9 Å². The topological polar surface area (TPSA) is 268 Å². The fourth-order valence-electron chi connectivity index (χ4n) is 7.27. The first-order chi connectivity index (χ1) is 37.9. The molecule has 21 nitrogen and oxygen atoms in total. The highest BCUT2D eigenvalue weighted by molar-refractivity contribution is 7.93. The van der Waals surface area contributed by atoms with Gasteiger partial charge in [0.05, 0.1) is 64.7 Å². The number of benzene rings is 6. The molecule has 2 aromatic heterocycles. The van der Waals surface area contributed by atoms with E-state index in [2.05, 4.69) is 120 Å². The molecular formula is C52H47Cl4N12O9S3+. The van der Waals surface area contributed by atoms with Crippen molar-refractivity contribution in [3.05, 3.63) is 137 Å². The van der Waals surface area contributed by atoms with E-state index in [1.54, 1.807) is 39.0 Å². The average Bonchev–Trinajstić information content (AvgIpc) is 4.02. The van der Waals surface area contributed by atoms with Crippen LogP contribution in [0.15, 0.2) is 148 Å². The highest BCUT2D eigenvalue weighted by Crippen LogP contribution is 2.46.